The van der Waals surface area contributed by atoms with E-state index in [0.717, 1.165) is 6.42 Å². The minimum Gasteiger partial charge on any atom is -0.339 e. The van der Waals surface area contributed by atoms with Crippen molar-refractivity contribution in [2.45, 2.75) is 30.8 Å². The molecule has 2 heterocycles. The van der Waals surface area contributed by atoms with Crippen LogP contribution in [0.5, 0.6) is 0 Å². The molecule has 0 radical (unpaired) electrons. The Hall–Kier alpha value is -0.920. The molecule has 1 aliphatic rings. The van der Waals surface area contributed by atoms with Gasteiger partial charge in [-0.25, -0.2) is 13.4 Å². The Balaban J connectivity index is 2.21. The third-order valence-corrected chi connectivity index (χ3v) is 5.32. The lowest BCUT2D eigenvalue weighted by Crippen LogP contribution is -2.48. The van der Waals surface area contributed by atoms with Crippen LogP contribution in [0.25, 0.3) is 0 Å². The SMILES string of the molecule is CCC1CN(S(=O)(=O)c2cn(C)cn2)CCC1N. The van der Waals surface area contributed by atoms with E-state index < -0.39 is 10.0 Å². The number of nitrogens with two attached hydrogens (primary N) is 1. The Bertz CT molecular complexity index is 511. The number of aryl methyl sites for hydroxylation is 1. The number of nitrogens with zero attached hydrogens (tertiary/aromatic N) is 3. The first kappa shape index (κ1) is 13.5. The topological polar surface area (TPSA) is 81.2 Å². The van der Waals surface area contributed by atoms with Crippen molar-refractivity contribution in [3.63, 3.8) is 0 Å². The maximum atomic E-state index is 12.4. The molecule has 0 amide bonds. The zero-order valence-electron chi connectivity index (χ0n) is 10.8. The molecule has 1 aromatic heterocycles. The van der Waals surface area contributed by atoms with Crippen molar-refractivity contribution in [3.05, 3.63) is 12.5 Å². The maximum absolute atomic E-state index is 12.4. The molecule has 18 heavy (non-hydrogen) atoms. The van der Waals surface area contributed by atoms with Crippen LogP contribution in [0.1, 0.15) is 19.8 Å². The second-order valence-electron chi connectivity index (χ2n) is 4.86. The van der Waals surface area contributed by atoms with E-state index in [1.165, 1.54) is 16.8 Å². The number of rotatable bonds is 3. The van der Waals surface area contributed by atoms with Gasteiger partial charge in [-0.1, -0.05) is 13.3 Å². The zero-order valence-corrected chi connectivity index (χ0v) is 11.6. The third kappa shape index (κ3) is 2.43. The molecule has 0 bridgehead atoms. The summed E-state index contributed by atoms with van der Waals surface area (Å²) in [6, 6.07) is 0.102. The van der Waals surface area contributed by atoms with E-state index in [0.29, 0.717) is 19.5 Å². The van der Waals surface area contributed by atoms with Crippen LogP contribution in [0.4, 0.5) is 0 Å². The van der Waals surface area contributed by atoms with E-state index in [-0.39, 0.29) is 17.0 Å². The summed E-state index contributed by atoms with van der Waals surface area (Å²) >= 11 is 0. The summed E-state index contributed by atoms with van der Waals surface area (Å²) in [7, 11) is -1.70. The number of piperidine rings is 1. The average molecular weight is 272 g/mol. The van der Waals surface area contributed by atoms with E-state index in [1.54, 1.807) is 11.6 Å². The fourth-order valence-electron chi connectivity index (χ4n) is 2.32. The van der Waals surface area contributed by atoms with E-state index in [9.17, 15) is 8.42 Å². The van der Waals surface area contributed by atoms with Gasteiger partial charge in [-0.2, -0.15) is 4.31 Å². The first-order valence-electron chi connectivity index (χ1n) is 6.19. The Morgan fingerprint density at radius 2 is 2.28 bits per heavy atom. The molecule has 0 spiro atoms. The van der Waals surface area contributed by atoms with Crippen LogP contribution >= 0.6 is 0 Å². The van der Waals surface area contributed by atoms with Gasteiger partial charge in [-0.15, -0.1) is 0 Å². The summed E-state index contributed by atoms with van der Waals surface area (Å²) < 4.78 is 27.9. The molecule has 6 nitrogen and oxygen atoms in total. The van der Waals surface area contributed by atoms with Crippen molar-refractivity contribution in [2.24, 2.45) is 18.7 Å². The molecule has 1 fully saturated rings. The minimum absolute atomic E-state index is 0.102. The summed E-state index contributed by atoms with van der Waals surface area (Å²) in [5.41, 5.74) is 6.00. The van der Waals surface area contributed by atoms with Gasteiger partial charge in [-0.3, -0.25) is 0 Å². The van der Waals surface area contributed by atoms with E-state index >= 15 is 0 Å². The number of hydrogen-bond acceptors (Lipinski definition) is 4. The van der Waals surface area contributed by atoms with Gasteiger partial charge < -0.3 is 10.3 Å². The van der Waals surface area contributed by atoms with Crippen LogP contribution in [0.3, 0.4) is 0 Å². The van der Waals surface area contributed by atoms with Crippen molar-refractivity contribution in [1.29, 1.82) is 0 Å². The normalized spacial score (nSPS) is 26.4. The predicted molar refractivity (Wildman–Crippen MR) is 68.3 cm³/mol. The van der Waals surface area contributed by atoms with Gasteiger partial charge in [0, 0.05) is 32.4 Å². The lowest BCUT2D eigenvalue weighted by molar-refractivity contribution is 0.230. The highest BCUT2D eigenvalue weighted by molar-refractivity contribution is 7.89. The molecule has 2 rings (SSSR count). The largest absolute Gasteiger partial charge is 0.339 e. The van der Waals surface area contributed by atoms with Crippen molar-refractivity contribution in [1.82, 2.24) is 13.9 Å². The molecule has 0 saturated carbocycles. The van der Waals surface area contributed by atoms with Gasteiger partial charge in [0.25, 0.3) is 10.0 Å². The maximum Gasteiger partial charge on any atom is 0.262 e. The number of imidazole rings is 1. The van der Waals surface area contributed by atoms with Gasteiger partial charge in [0.15, 0.2) is 5.03 Å². The highest BCUT2D eigenvalue weighted by Crippen LogP contribution is 2.23. The standard InChI is InChI=1S/C11H20N4O2S/c1-3-9-6-15(5-4-10(9)12)18(16,17)11-7-14(2)8-13-11/h7-10H,3-6,12H2,1-2H3. The van der Waals surface area contributed by atoms with Gasteiger partial charge in [0.2, 0.25) is 0 Å². The molecule has 7 heteroatoms. The second kappa shape index (κ2) is 4.99. The van der Waals surface area contributed by atoms with E-state index in [4.69, 9.17) is 5.73 Å². The van der Waals surface area contributed by atoms with E-state index in [2.05, 4.69) is 4.98 Å². The van der Waals surface area contributed by atoms with E-state index in [1.807, 2.05) is 6.92 Å². The molecule has 0 aromatic carbocycles. The average Bonchev–Trinajstić information content (AvgIpc) is 2.77. The summed E-state index contributed by atoms with van der Waals surface area (Å²) in [6.07, 6.45) is 4.64. The van der Waals surface area contributed by atoms with Crippen LogP contribution in [-0.4, -0.2) is 41.4 Å². The van der Waals surface area contributed by atoms with Crippen LogP contribution < -0.4 is 5.73 Å². The molecule has 1 saturated heterocycles. The smallest absolute Gasteiger partial charge is 0.262 e. The fourth-order valence-corrected chi connectivity index (χ4v) is 3.80. The van der Waals surface area contributed by atoms with Gasteiger partial charge in [0.1, 0.15) is 0 Å². The molecule has 2 atom stereocenters. The van der Waals surface area contributed by atoms with Gasteiger partial charge >= 0.3 is 0 Å². The lowest BCUT2D eigenvalue weighted by atomic mass is 9.92. The molecule has 0 aliphatic carbocycles. The second-order valence-corrected chi connectivity index (χ2v) is 6.75. The molecular formula is C11H20N4O2S. The Morgan fingerprint density at radius 1 is 1.56 bits per heavy atom. The summed E-state index contributed by atoms with van der Waals surface area (Å²) in [4.78, 5) is 3.93. The lowest BCUT2D eigenvalue weighted by Gasteiger charge is -2.35. The number of hydrogen-bond donors (Lipinski definition) is 1. The van der Waals surface area contributed by atoms with Crippen molar-refractivity contribution < 1.29 is 8.42 Å². The van der Waals surface area contributed by atoms with Crippen LogP contribution in [0.2, 0.25) is 0 Å². The molecular weight excluding hydrogens is 252 g/mol. The molecule has 102 valence electrons. The van der Waals surface area contributed by atoms with Gasteiger partial charge in [-0.05, 0) is 12.3 Å². The molecule has 1 aliphatic heterocycles. The van der Waals surface area contributed by atoms with Crippen molar-refractivity contribution in [3.8, 4) is 0 Å². The van der Waals surface area contributed by atoms with Crippen molar-refractivity contribution >= 4 is 10.0 Å². The van der Waals surface area contributed by atoms with Crippen LogP contribution in [0.15, 0.2) is 17.6 Å². The van der Waals surface area contributed by atoms with Crippen LogP contribution in [-0.2, 0) is 17.1 Å². The first-order chi connectivity index (χ1) is 8.45. The quantitative estimate of drug-likeness (QED) is 0.850. The monoisotopic (exact) mass is 272 g/mol. The molecule has 1 aromatic rings. The Morgan fingerprint density at radius 3 is 2.83 bits per heavy atom. The third-order valence-electron chi connectivity index (χ3n) is 3.57. The Labute approximate surface area is 108 Å². The summed E-state index contributed by atoms with van der Waals surface area (Å²) in [6.45, 7) is 3.02. The number of sulfonamides is 1. The summed E-state index contributed by atoms with van der Waals surface area (Å²) in [5.74, 6) is 0.234. The number of aromatic nitrogens is 2. The predicted octanol–water partition coefficient (Wildman–Crippen LogP) is 0.168. The van der Waals surface area contributed by atoms with Crippen LogP contribution in [0, 0.1) is 5.92 Å². The zero-order chi connectivity index (χ0) is 13.3. The minimum atomic E-state index is -3.46. The van der Waals surface area contributed by atoms with Crippen molar-refractivity contribution in [2.75, 3.05) is 13.1 Å². The summed E-state index contributed by atoms with van der Waals surface area (Å²) in [5, 5.41) is 0.121. The first-order valence-corrected chi connectivity index (χ1v) is 7.63. The highest BCUT2D eigenvalue weighted by atomic mass is 32.2. The fraction of sp³-hybridized carbons (Fsp3) is 0.727. The van der Waals surface area contributed by atoms with Gasteiger partial charge in [0.05, 0.1) is 6.33 Å². The molecule has 2 unspecified atom stereocenters. The Kier molecular flexibility index (Phi) is 3.74. The molecule has 2 N–H and O–H groups in total. The highest BCUT2D eigenvalue weighted by Gasteiger charge is 2.34.